The van der Waals surface area contributed by atoms with Crippen LogP contribution in [0.1, 0.15) is 207 Å². The van der Waals surface area contributed by atoms with Crippen LogP contribution in [0.3, 0.4) is 0 Å². The second-order valence-corrected chi connectivity index (χ2v) is 16.2. The summed E-state index contributed by atoms with van der Waals surface area (Å²) in [4.78, 5) is 34.8. The summed E-state index contributed by atoms with van der Waals surface area (Å²) in [6.45, 7) is 5.43. The van der Waals surface area contributed by atoms with E-state index in [0.29, 0.717) is 6.42 Å². The number of carbonyl (C=O) groups excluding carboxylic acids is 2. The minimum absolute atomic E-state index is 0.00486. The van der Waals surface area contributed by atoms with E-state index in [-0.39, 0.29) is 32.0 Å². The molecule has 0 aromatic rings. The fourth-order valence-electron chi connectivity index (χ4n) is 6.04. The first-order chi connectivity index (χ1) is 26.8. The maximum Gasteiger partial charge on any atom is 0.472 e. The van der Waals surface area contributed by atoms with Crippen molar-refractivity contribution in [1.82, 2.24) is 0 Å². The Hall–Kier alpha value is -1.99. The number of rotatable bonds is 41. The largest absolute Gasteiger partial charge is 0.472 e. The maximum atomic E-state index is 12.6. The molecule has 2 atom stereocenters. The average Bonchev–Trinajstić information content (AvgIpc) is 3.16. The van der Waals surface area contributed by atoms with Crippen LogP contribution in [-0.4, -0.2) is 42.8 Å². The van der Waals surface area contributed by atoms with Gasteiger partial charge in [-0.2, -0.15) is 0 Å². The second-order valence-electron chi connectivity index (χ2n) is 14.7. The van der Waals surface area contributed by atoms with Crippen molar-refractivity contribution < 1.29 is 37.6 Å². The van der Waals surface area contributed by atoms with Gasteiger partial charge in [-0.3, -0.25) is 18.6 Å². The highest BCUT2D eigenvalue weighted by molar-refractivity contribution is 7.47. The molecule has 0 fully saturated rings. The van der Waals surface area contributed by atoms with Gasteiger partial charge in [-0.25, -0.2) is 4.57 Å². The molecule has 2 unspecified atom stereocenters. The minimum Gasteiger partial charge on any atom is -0.462 e. The fourth-order valence-corrected chi connectivity index (χ4v) is 6.80. The Bertz CT molecular complexity index is 1040. The van der Waals surface area contributed by atoms with E-state index >= 15 is 0 Å². The number of allylic oxidation sites excluding steroid dienone is 8. The van der Waals surface area contributed by atoms with Gasteiger partial charge in [0.2, 0.25) is 0 Å². The van der Waals surface area contributed by atoms with E-state index in [4.69, 9.17) is 18.5 Å². The molecule has 0 bridgehead atoms. The predicted molar refractivity (Wildman–Crippen MR) is 230 cm³/mol. The molecule has 8 nitrogen and oxygen atoms in total. The topological polar surface area (TPSA) is 108 Å². The van der Waals surface area contributed by atoms with Gasteiger partial charge < -0.3 is 14.4 Å². The van der Waals surface area contributed by atoms with E-state index < -0.39 is 26.5 Å². The third-order valence-corrected chi connectivity index (χ3v) is 10.4. The van der Waals surface area contributed by atoms with Crippen molar-refractivity contribution >= 4 is 19.8 Å². The molecule has 0 rings (SSSR count). The molecule has 0 aromatic heterocycles. The zero-order valence-corrected chi connectivity index (χ0v) is 36.5. The van der Waals surface area contributed by atoms with Gasteiger partial charge in [-0.05, 0) is 84.0 Å². The summed E-state index contributed by atoms with van der Waals surface area (Å²) in [6.07, 6.45) is 48.7. The van der Waals surface area contributed by atoms with E-state index in [0.717, 1.165) is 89.9 Å². The minimum atomic E-state index is -4.29. The van der Waals surface area contributed by atoms with Crippen molar-refractivity contribution in [3.05, 3.63) is 48.6 Å². The Balaban J connectivity index is 4.11. The highest BCUT2D eigenvalue weighted by Crippen LogP contribution is 2.43. The lowest BCUT2D eigenvalue weighted by Gasteiger charge is -2.19. The molecule has 0 saturated carbocycles. The predicted octanol–water partition coefficient (Wildman–Crippen LogP) is 14.2. The molecule has 55 heavy (non-hydrogen) atoms. The molecule has 0 aromatic carbocycles. The fraction of sp³-hybridized carbons (Fsp3) is 0.783. The van der Waals surface area contributed by atoms with Crippen LogP contribution >= 0.6 is 7.82 Å². The number of phosphoric ester groups is 1. The lowest BCUT2D eigenvalue weighted by molar-refractivity contribution is -0.161. The standard InChI is InChI=1S/C46H83O8P/c1-4-7-9-11-13-15-17-19-21-23-24-25-27-29-31-33-35-37-39-41-46(48)54-44(43-53-55(49,50)52-6-3)42-51-45(47)40-38-36-34-32-30-28-26-22-20-18-16-14-12-10-8-5-2/h13,15,19,21-22,24-26,44H,4-12,14,16-18,20,23,27-43H2,1-3H3,(H,49,50)/b15-13-,21-19-,25-24-,26-22-. The number of hydrogen-bond donors (Lipinski definition) is 1. The van der Waals surface area contributed by atoms with E-state index in [2.05, 4.69) is 62.5 Å². The molecule has 9 heteroatoms. The molecule has 0 aliphatic rings. The molecule has 0 radical (unpaired) electrons. The number of phosphoric acid groups is 1. The molecule has 1 N–H and O–H groups in total. The third-order valence-electron chi connectivity index (χ3n) is 9.36. The van der Waals surface area contributed by atoms with Gasteiger partial charge in [0.15, 0.2) is 6.10 Å². The summed E-state index contributed by atoms with van der Waals surface area (Å²) < 4.78 is 32.7. The second kappa shape index (κ2) is 41.6. The van der Waals surface area contributed by atoms with Crippen LogP contribution < -0.4 is 0 Å². The summed E-state index contributed by atoms with van der Waals surface area (Å²) in [7, 11) is -4.29. The van der Waals surface area contributed by atoms with Crippen molar-refractivity contribution in [1.29, 1.82) is 0 Å². The van der Waals surface area contributed by atoms with Crippen LogP contribution in [0.25, 0.3) is 0 Å². The molecule has 0 saturated heterocycles. The smallest absolute Gasteiger partial charge is 0.462 e. The van der Waals surface area contributed by atoms with Gasteiger partial charge in [-0.15, -0.1) is 0 Å². The first-order valence-corrected chi connectivity index (χ1v) is 23.9. The monoisotopic (exact) mass is 795 g/mol. The van der Waals surface area contributed by atoms with E-state index in [1.54, 1.807) is 6.92 Å². The summed E-state index contributed by atoms with van der Waals surface area (Å²) in [5.41, 5.74) is 0. The summed E-state index contributed by atoms with van der Waals surface area (Å²) >= 11 is 0. The summed E-state index contributed by atoms with van der Waals surface area (Å²) in [5.74, 6) is -0.821. The van der Waals surface area contributed by atoms with Crippen LogP contribution in [0.15, 0.2) is 48.6 Å². The van der Waals surface area contributed by atoms with Gasteiger partial charge in [0, 0.05) is 12.8 Å². The number of esters is 2. The maximum absolute atomic E-state index is 12.6. The van der Waals surface area contributed by atoms with E-state index in [1.807, 2.05) is 0 Å². The lowest BCUT2D eigenvalue weighted by atomic mass is 10.1. The highest BCUT2D eigenvalue weighted by atomic mass is 31.2. The molecule has 0 heterocycles. The number of hydrogen-bond acceptors (Lipinski definition) is 7. The van der Waals surface area contributed by atoms with Crippen molar-refractivity contribution in [2.24, 2.45) is 0 Å². The van der Waals surface area contributed by atoms with Gasteiger partial charge in [0.05, 0.1) is 13.2 Å². The first-order valence-electron chi connectivity index (χ1n) is 22.4. The summed E-state index contributed by atoms with van der Waals surface area (Å²) in [6, 6.07) is 0. The van der Waals surface area contributed by atoms with Crippen molar-refractivity contribution in [2.45, 2.75) is 213 Å². The SMILES string of the molecule is CCCCC/C=C\C/C=C\C/C=C\CCCCCCCCC(=O)OC(COC(=O)CCCCCCC/C=C\CCCCCCCCC)COP(=O)(O)OCC. The van der Waals surface area contributed by atoms with Gasteiger partial charge >= 0.3 is 19.8 Å². The highest BCUT2D eigenvalue weighted by Gasteiger charge is 2.25. The Morgan fingerprint density at radius 2 is 0.873 bits per heavy atom. The normalized spacial score (nSPS) is 13.7. The molecule has 0 aliphatic carbocycles. The van der Waals surface area contributed by atoms with Gasteiger partial charge in [0.1, 0.15) is 6.61 Å². The van der Waals surface area contributed by atoms with Crippen LogP contribution in [0.2, 0.25) is 0 Å². The van der Waals surface area contributed by atoms with E-state index in [9.17, 15) is 19.0 Å². The van der Waals surface area contributed by atoms with Crippen LogP contribution in [0.5, 0.6) is 0 Å². The molecular formula is C46H83O8P. The Labute approximate surface area is 338 Å². The molecular weight excluding hydrogens is 711 g/mol. The Kier molecular flexibility index (Phi) is 40.1. The van der Waals surface area contributed by atoms with Crippen LogP contribution in [-0.2, 0) is 32.7 Å². The average molecular weight is 795 g/mol. The van der Waals surface area contributed by atoms with Gasteiger partial charge in [0.25, 0.3) is 0 Å². The van der Waals surface area contributed by atoms with Crippen molar-refractivity contribution in [2.75, 3.05) is 19.8 Å². The van der Waals surface area contributed by atoms with E-state index in [1.165, 1.54) is 77.0 Å². The van der Waals surface area contributed by atoms with Gasteiger partial charge in [-0.1, -0.05) is 159 Å². The lowest BCUT2D eigenvalue weighted by Crippen LogP contribution is -2.29. The summed E-state index contributed by atoms with van der Waals surface area (Å²) in [5, 5.41) is 0. The molecule has 0 aliphatic heterocycles. The molecule has 0 amide bonds. The Morgan fingerprint density at radius 1 is 0.491 bits per heavy atom. The number of unbranched alkanes of at least 4 members (excludes halogenated alkanes) is 21. The number of carbonyl (C=O) groups is 2. The molecule has 320 valence electrons. The van der Waals surface area contributed by atoms with Crippen LogP contribution in [0, 0.1) is 0 Å². The Morgan fingerprint density at radius 3 is 1.36 bits per heavy atom. The third kappa shape index (κ3) is 41.5. The molecule has 0 spiro atoms. The zero-order valence-electron chi connectivity index (χ0n) is 35.6. The number of ether oxygens (including phenoxy) is 2. The zero-order chi connectivity index (χ0) is 40.3. The quantitative estimate of drug-likeness (QED) is 0.0282. The van der Waals surface area contributed by atoms with Crippen LogP contribution in [0.4, 0.5) is 0 Å². The van der Waals surface area contributed by atoms with Crippen molar-refractivity contribution in [3.8, 4) is 0 Å². The first kappa shape index (κ1) is 53.0. The van der Waals surface area contributed by atoms with Crippen molar-refractivity contribution in [3.63, 3.8) is 0 Å².